The topological polar surface area (TPSA) is 109 Å². The van der Waals surface area contributed by atoms with Crippen molar-refractivity contribution in [3.63, 3.8) is 0 Å². The highest BCUT2D eigenvalue weighted by atomic mass is 32.3. The number of ether oxygens (including phenoxy) is 1. The Morgan fingerprint density at radius 3 is 1.35 bits per heavy atom. The summed E-state index contributed by atoms with van der Waals surface area (Å²) in [6.07, 6.45) is 0. The summed E-state index contributed by atoms with van der Waals surface area (Å²) in [5.41, 5.74) is 6.22. The molecule has 0 spiro atoms. The first kappa shape index (κ1) is 46.8. The summed E-state index contributed by atoms with van der Waals surface area (Å²) >= 11 is 0. The molecule has 6 aromatic rings. The Kier molecular flexibility index (Phi) is 17.9. The highest BCUT2D eigenvalue weighted by Gasteiger charge is 2.27. The Balaban J connectivity index is 0.000000238. The number of nitrogens with one attached hydrogen (secondary N) is 1. The van der Waals surface area contributed by atoms with Gasteiger partial charge in [0.2, 0.25) is 10.0 Å². The van der Waals surface area contributed by atoms with Gasteiger partial charge in [-0.05, 0) is 71.7 Å². The van der Waals surface area contributed by atoms with Gasteiger partial charge in [0.05, 0.1) is 23.0 Å². The first-order chi connectivity index (χ1) is 30.1. The van der Waals surface area contributed by atoms with E-state index in [2.05, 4.69) is 15.1 Å². The Morgan fingerprint density at radius 1 is 0.532 bits per heavy atom. The second kappa shape index (κ2) is 23.7. The number of nitrogens with zero attached hydrogens (tertiary/aromatic N) is 4. The van der Waals surface area contributed by atoms with Gasteiger partial charge < -0.3 is 15.0 Å². The largest absolute Gasteiger partial charge is 0.379 e. The quantitative estimate of drug-likeness (QED) is 0.0687. The van der Waals surface area contributed by atoms with Gasteiger partial charge in [-0.2, -0.15) is 8.61 Å². The molecule has 1 aliphatic rings. The number of rotatable bonds is 19. The molecule has 0 unspecified atom stereocenters. The van der Waals surface area contributed by atoms with E-state index in [4.69, 9.17) is 4.74 Å². The minimum atomic E-state index is -3.66. The molecular formula is C50H63N5O5S2. The first-order valence-corrected chi connectivity index (χ1v) is 24.0. The average Bonchev–Trinajstić information content (AvgIpc) is 3.29. The van der Waals surface area contributed by atoms with Crippen molar-refractivity contribution in [2.24, 2.45) is 0 Å². The summed E-state index contributed by atoms with van der Waals surface area (Å²) in [7, 11) is -2.75. The predicted octanol–water partition coefficient (Wildman–Crippen LogP) is 9.22. The zero-order valence-electron chi connectivity index (χ0n) is 35.9. The zero-order chi connectivity index (χ0) is 43.6. The summed E-state index contributed by atoms with van der Waals surface area (Å²) in [5.74, 6) is 0. The molecule has 1 heterocycles. The molecule has 1 aliphatic heterocycles. The molecule has 0 saturated carbocycles. The normalized spacial score (nSPS) is 13.9. The molecule has 12 heteroatoms. The fourth-order valence-corrected chi connectivity index (χ4v) is 10.00. The van der Waals surface area contributed by atoms with E-state index in [-0.39, 0.29) is 1.43 Å². The molecule has 1 fully saturated rings. The number of hydrogen-bond donors (Lipinski definition) is 3. The maximum atomic E-state index is 13.6. The molecule has 0 bridgehead atoms. The summed E-state index contributed by atoms with van der Waals surface area (Å²) in [6, 6.07) is 54.1. The van der Waals surface area contributed by atoms with Crippen molar-refractivity contribution in [2.45, 2.75) is 49.1 Å². The number of morpholine rings is 1. The molecular weight excluding hydrogens is 815 g/mol. The zero-order valence-corrected chi connectivity index (χ0v) is 37.5. The Bertz CT molecular complexity index is 2210. The van der Waals surface area contributed by atoms with E-state index < -0.39 is 20.8 Å². The van der Waals surface area contributed by atoms with E-state index in [1.807, 2.05) is 172 Å². The van der Waals surface area contributed by atoms with Crippen LogP contribution >= 0.6 is 10.8 Å². The number of sulfonamides is 1. The summed E-state index contributed by atoms with van der Waals surface area (Å²) in [6.45, 7) is 8.54. The van der Waals surface area contributed by atoms with Crippen molar-refractivity contribution in [1.82, 2.24) is 23.7 Å². The fourth-order valence-electron chi connectivity index (χ4n) is 7.12. The van der Waals surface area contributed by atoms with Crippen LogP contribution in [0.25, 0.3) is 0 Å². The van der Waals surface area contributed by atoms with Gasteiger partial charge in [0.25, 0.3) is 0 Å². The lowest BCUT2D eigenvalue weighted by Crippen LogP contribution is -2.40. The second-order valence-corrected chi connectivity index (χ2v) is 19.7. The molecule has 330 valence electrons. The third-order valence-corrected chi connectivity index (χ3v) is 14.2. The van der Waals surface area contributed by atoms with E-state index in [0.717, 1.165) is 79.3 Å². The van der Waals surface area contributed by atoms with Crippen molar-refractivity contribution in [2.75, 3.05) is 53.5 Å². The maximum Gasteiger partial charge on any atom is 0.243 e. The monoisotopic (exact) mass is 877 g/mol. The van der Waals surface area contributed by atoms with Crippen molar-refractivity contribution < 1.29 is 23.7 Å². The molecule has 0 atom stereocenters. The summed E-state index contributed by atoms with van der Waals surface area (Å²) < 4.78 is 58.2. The van der Waals surface area contributed by atoms with Gasteiger partial charge in [-0.15, -0.1) is 10.8 Å². The molecule has 0 amide bonds. The van der Waals surface area contributed by atoms with Crippen LogP contribution in [0.5, 0.6) is 0 Å². The highest BCUT2D eigenvalue weighted by Crippen LogP contribution is 2.53. The summed E-state index contributed by atoms with van der Waals surface area (Å²) in [4.78, 5) is 5.34. The molecule has 0 radical (unpaired) electrons. The van der Waals surface area contributed by atoms with E-state index in [1.54, 1.807) is 20.7 Å². The average molecular weight is 878 g/mol. The Morgan fingerprint density at radius 2 is 0.919 bits per heavy atom. The van der Waals surface area contributed by atoms with Gasteiger partial charge in [-0.3, -0.25) is 14.0 Å². The Labute approximate surface area is 372 Å². The predicted molar refractivity (Wildman–Crippen MR) is 254 cm³/mol. The molecule has 6 aromatic carbocycles. The third-order valence-electron chi connectivity index (χ3n) is 10.5. The van der Waals surface area contributed by atoms with Crippen molar-refractivity contribution in [3.05, 3.63) is 203 Å². The smallest absolute Gasteiger partial charge is 0.243 e. The standard InChI is InChI=1S/C27H33N3O3S.C23H28N2O2S.H2/c31-34(32,30(22-25-7-3-1-4-8-25)23-26-9-5-2-6-10-26)27-13-11-24(12-14-27)21-28-15-16-29-17-19-33-20-18-29;1-24(2)17-22-13-15-23(16-14-22)28(26,27)25(18-20-9-5-3-6-10-20)19-21-11-7-4-8-12-21;/h1-14,28H,15-23H2;3-16,26-27H,17-19H2,1-2H3;1H. The van der Waals surface area contributed by atoms with Crippen molar-refractivity contribution >= 4 is 20.8 Å². The van der Waals surface area contributed by atoms with Crippen molar-refractivity contribution in [3.8, 4) is 0 Å². The number of hydrogen-bond acceptors (Lipinski definition) is 9. The second-order valence-electron chi connectivity index (χ2n) is 15.7. The molecule has 0 aliphatic carbocycles. The van der Waals surface area contributed by atoms with Gasteiger partial charge in [0.1, 0.15) is 0 Å². The molecule has 1 saturated heterocycles. The van der Waals surface area contributed by atoms with Gasteiger partial charge in [0.15, 0.2) is 0 Å². The van der Waals surface area contributed by atoms with Crippen LogP contribution in [0.1, 0.15) is 34.8 Å². The van der Waals surface area contributed by atoms with Gasteiger partial charge in [0, 0.05) is 66.9 Å². The maximum absolute atomic E-state index is 13.6. The van der Waals surface area contributed by atoms with E-state index in [1.165, 1.54) is 0 Å². The lowest BCUT2D eigenvalue weighted by Gasteiger charge is -2.43. The van der Waals surface area contributed by atoms with E-state index in [9.17, 15) is 17.5 Å². The van der Waals surface area contributed by atoms with Gasteiger partial charge >= 0.3 is 0 Å². The number of benzene rings is 6. The Hall–Kier alpha value is -4.70. The van der Waals surface area contributed by atoms with Crippen LogP contribution in [0.15, 0.2) is 180 Å². The minimum absolute atomic E-state index is 0. The fraction of sp³-hybridized carbons (Fsp3) is 0.280. The van der Waals surface area contributed by atoms with Crippen LogP contribution in [0.4, 0.5) is 0 Å². The van der Waals surface area contributed by atoms with E-state index >= 15 is 0 Å². The molecule has 3 N–H and O–H groups in total. The molecule has 10 nitrogen and oxygen atoms in total. The van der Waals surface area contributed by atoms with Crippen LogP contribution in [-0.4, -0.2) is 89.4 Å². The van der Waals surface area contributed by atoms with Crippen LogP contribution in [0.3, 0.4) is 0 Å². The van der Waals surface area contributed by atoms with Crippen LogP contribution < -0.4 is 5.32 Å². The van der Waals surface area contributed by atoms with Crippen LogP contribution in [0.2, 0.25) is 0 Å². The highest BCUT2D eigenvalue weighted by molar-refractivity contribution is 8.22. The third kappa shape index (κ3) is 14.4. The van der Waals surface area contributed by atoms with Gasteiger partial charge in [-0.25, -0.2) is 8.42 Å². The lowest BCUT2D eigenvalue weighted by atomic mass is 10.2. The summed E-state index contributed by atoms with van der Waals surface area (Å²) in [5, 5.41) is 3.45. The lowest BCUT2D eigenvalue weighted by molar-refractivity contribution is 0.0384. The SMILES string of the molecule is CN(C)Cc1ccc(S(O)(O)N(Cc2ccccc2)Cc2ccccc2)cc1.O=S(=O)(c1ccc(CNCCN2CCOCC2)cc1)N(Cc1ccccc1)Cc1ccccc1.[HH]. The minimum Gasteiger partial charge on any atom is -0.379 e. The van der Waals surface area contributed by atoms with E-state index in [0.29, 0.717) is 42.5 Å². The molecule has 0 aromatic heterocycles. The molecule has 7 rings (SSSR count). The van der Waals surface area contributed by atoms with Crippen LogP contribution in [-0.2, 0) is 54.0 Å². The molecule has 62 heavy (non-hydrogen) atoms. The van der Waals surface area contributed by atoms with Crippen LogP contribution in [0, 0.1) is 0 Å². The van der Waals surface area contributed by atoms with Crippen molar-refractivity contribution in [1.29, 1.82) is 0 Å². The van der Waals surface area contributed by atoms with Gasteiger partial charge in [-0.1, -0.05) is 146 Å². The first-order valence-electron chi connectivity index (χ1n) is 21.1.